The fourth-order valence-electron chi connectivity index (χ4n) is 1.35. The van der Waals surface area contributed by atoms with Crippen LogP contribution in [0.3, 0.4) is 0 Å². The molecule has 1 heterocycles. The lowest BCUT2D eigenvalue weighted by atomic mass is 10.3. The van der Waals surface area contributed by atoms with Gasteiger partial charge in [-0.1, -0.05) is 0 Å². The van der Waals surface area contributed by atoms with Crippen molar-refractivity contribution >= 4 is 5.97 Å². The number of rotatable bonds is 2. The van der Waals surface area contributed by atoms with Crippen LogP contribution in [0.1, 0.15) is 17.0 Å². The molecule has 0 aliphatic rings. The van der Waals surface area contributed by atoms with Gasteiger partial charge in [0.2, 0.25) is 0 Å². The van der Waals surface area contributed by atoms with Gasteiger partial charge < -0.3 is 9.30 Å². The number of hydrogen-bond donors (Lipinski definition) is 0. The molecule has 0 aromatic carbocycles. The first-order chi connectivity index (χ1) is 6.60. The van der Waals surface area contributed by atoms with Crippen LogP contribution >= 0.6 is 0 Å². The standard InChI is InChI=1S/C10H12N2O2/c1-7-4-9(5-11)8(2)12(7)6-10(13)14-3/h4H,6H2,1-3H3. The minimum absolute atomic E-state index is 0.163. The van der Waals surface area contributed by atoms with Gasteiger partial charge in [0.15, 0.2) is 0 Å². The molecule has 0 amide bonds. The number of nitrogens with zero attached hydrogens (tertiary/aromatic N) is 2. The molecule has 1 rings (SSSR count). The summed E-state index contributed by atoms with van der Waals surface area (Å²) in [5, 5.41) is 8.77. The zero-order valence-corrected chi connectivity index (χ0v) is 8.50. The van der Waals surface area contributed by atoms with Crippen LogP contribution in [0, 0.1) is 25.2 Å². The molecular weight excluding hydrogens is 180 g/mol. The van der Waals surface area contributed by atoms with Crippen LogP contribution in [-0.4, -0.2) is 17.6 Å². The van der Waals surface area contributed by atoms with Crippen LogP contribution in [0.2, 0.25) is 0 Å². The van der Waals surface area contributed by atoms with Gasteiger partial charge in [-0.25, -0.2) is 0 Å². The molecule has 0 spiro atoms. The molecule has 0 aliphatic carbocycles. The molecule has 0 saturated heterocycles. The number of aromatic nitrogens is 1. The van der Waals surface area contributed by atoms with E-state index in [0.717, 1.165) is 11.4 Å². The van der Waals surface area contributed by atoms with Gasteiger partial charge in [-0.15, -0.1) is 0 Å². The van der Waals surface area contributed by atoms with Gasteiger partial charge in [0.1, 0.15) is 12.6 Å². The fourth-order valence-corrected chi connectivity index (χ4v) is 1.35. The van der Waals surface area contributed by atoms with E-state index in [1.807, 2.05) is 13.8 Å². The Morgan fingerprint density at radius 3 is 2.71 bits per heavy atom. The number of esters is 1. The Kier molecular flexibility index (Phi) is 2.92. The molecule has 1 aromatic heterocycles. The first-order valence-corrected chi connectivity index (χ1v) is 4.23. The minimum atomic E-state index is -0.309. The van der Waals surface area contributed by atoms with Crippen molar-refractivity contribution in [3.8, 4) is 6.07 Å². The van der Waals surface area contributed by atoms with Gasteiger partial charge in [-0.05, 0) is 19.9 Å². The number of hydrogen-bond acceptors (Lipinski definition) is 3. The molecule has 4 nitrogen and oxygen atoms in total. The number of nitriles is 1. The van der Waals surface area contributed by atoms with Gasteiger partial charge in [-0.2, -0.15) is 5.26 Å². The molecule has 0 atom stereocenters. The molecule has 1 aromatic rings. The highest BCUT2D eigenvalue weighted by molar-refractivity contribution is 5.69. The predicted octanol–water partition coefficient (Wildman–Crippen LogP) is 1.15. The van der Waals surface area contributed by atoms with E-state index in [9.17, 15) is 4.79 Å². The summed E-state index contributed by atoms with van der Waals surface area (Å²) in [6, 6.07) is 3.84. The van der Waals surface area contributed by atoms with Gasteiger partial charge in [-0.3, -0.25) is 4.79 Å². The highest BCUT2D eigenvalue weighted by atomic mass is 16.5. The van der Waals surface area contributed by atoms with Crippen LogP contribution < -0.4 is 0 Å². The second kappa shape index (κ2) is 3.97. The van der Waals surface area contributed by atoms with Crippen LogP contribution in [0.4, 0.5) is 0 Å². The molecule has 0 radical (unpaired) electrons. The second-order valence-corrected chi connectivity index (χ2v) is 3.06. The Balaban J connectivity index is 3.04. The molecule has 0 aliphatic heterocycles. The highest BCUT2D eigenvalue weighted by Crippen LogP contribution is 2.13. The van der Waals surface area contributed by atoms with Gasteiger partial charge in [0.05, 0.1) is 12.7 Å². The lowest BCUT2D eigenvalue weighted by Crippen LogP contribution is -2.13. The summed E-state index contributed by atoms with van der Waals surface area (Å²) in [4.78, 5) is 11.1. The maximum absolute atomic E-state index is 11.1. The van der Waals surface area contributed by atoms with Crippen molar-refractivity contribution in [3.63, 3.8) is 0 Å². The first kappa shape index (κ1) is 10.3. The van der Waals surface area contributed by atoms with Crippen molar-refractivity contribution in [1.29, 1.82) is 5.26 Å². The summed E-state index contributed by atoms with van der Waals surface area (Å²) in [7, 11) is 1.35. The lowest BCUT2D eigenvalue weighted by Gasteiger charge is -2.06. The Bertz CT molecular complexity index is 399. The summed E-state index contributed by atoms with van der Waals surface area (Å²) in [6.07, 6.45) is 0. The summed E-state index contributed by atoms with van der Waals surface area (Å²) < 4.78 is 6.33. The Morgan fingerprint density at radius 1 is 1.64 bits per heavy atom. The van der Waals surface area contributed by atoms with Crippen molar-refractivity contribution in [2.75, 3.05) is 7.11 Å². The third kappa shape index (κ3) is 1.77. The molecular formula is C10H12N2O2. The normalized spacial score (nSPS) is 9.57. The highest BCUT2D eigenvalue weighted by Gasteiger charge is 2.11. The molecule has 0 bridgehead atoms. The van der Waals surface area contributed by atoms with E-state index in [1.54, 1.807) is 10.6 Å². The van der Waals surface area contributed by atoms with Crippen LogP contribution in [0.15, 0.2) is 6.07 Å². The summed E-state index contributed by atoms with van der Waals surface area (Å²) in [5.41, 5.74) is 2.30. The fraction of sp³-hybridized carbons (Fsp3) is 0.400. The van der Waals surface area contributed by atoms with Crippen LogP contribution in [0.5, 0.6) is 0 Å². The Hall–Kier alpha value is -1.76. The number of ether oxygens (including phenoxy) is 1. The summed E-state index contributed by atoms with van der Waals surface area (Å²) in [5.74, 6) is -0.309. The van der Waals surface area contributed by atoms with Gasteiger partial charge in [0.25, 0.3) is 0 Å². The molecule has 14 heavy (non-hydrogen) atoms. The van der Waals surface area contributed by atoms with Crippen molar-refractivity contribution in [1.82, 2.24) is 4.57 Å². The smallest absolute Gasteiger partial charge is 0.325 e. The molecule has 0 N–H and O–H groups in total. The van der Waals surface area contributed by atoms with Crippen molar-refractivity contribution in [2.24, 2.45) is 0 Å². The van der Waals surface area contributed by atoms with Crippen LogP contribution in [0.25, 0.3) is 0 Å². The maximum Gasteiger partial charge on any atom is 0.325 e. The Morgan fingerprint density at radius 2 is 2.29 bits per heavy atom. The largest absolute Gasteiger partial charge is 0.468 e. The SMILES string of the molecule is COC(=O)Cn1c(C)cc(C#N)c1C. The molecule has 74 valence electrons. The van der Waals surface area contributed by atoms with Crippen molar-refractivity contribution < 1.29 is 9.53 Å². The van der Waals surface area contributed by atoms with Crippen molar-refractivity contribution in [2.45, 2.75) is 20.4 Å². The Labute approximate surface area is 82.7 Å². The molecule has 0 fully saturated rings. The summed E-state index contributed by atoms with van der Waals surface area (Å²) >= 11 is 0. The van der Waals surface area contributed by atoms with Gasteiger partial charge in [0, 0.05) is 11.4 Å². The molecule has 4 heteroatoms. The zero-order valence-electron chi connectivity index (χ0n) is 8.50. The van der Waals surface area contributed by atoms with Crippen molar-refractivity contribution in [3.05, 3.63) is 23.0 Å². The van der Waals surface area contributed by atoms with E-state index in [1.165, 1.54) is 7.11 Å². The number of aryl methyl sites for hydroxylation is 1. The van der Waals surface area contributed by atoms with E-state index in [2.05, 4.69) is 10.8 Å². The number of carbonyl (C=O) groups is 1. The third-order valence-electron chi connectivity index (χ3n) is 2.21. The lowest BCUT2D eigenvalue weighted by molar-refractivity contribution is -0.141. The second-order valence-electron chi connectivity index (χ2n) is 3.06. The molecule has 0 saturated carbocycles. The van der Waals surface area contributed by atoms with Gasteiger partial charge >= 0.3 is 5.97 Å². The average Bonchev–Trinajstić information content (AvgIpc) is 2.44. The van der Waals surface area contributed by atoms with E-state index >= 15 is 0 Å². The third-order valence-corrected chi connectivity index (χ3v) is 2.21. The monoisotopic (exact) mass is 192 g/mol. The molecule has 0 unspecified atom stereocenters. The number of methoxy groups -OCH3 is 1. The van der Waals surface area contributed by atoms with E-state index < -0.39 is 0 Å². The summed E-state index contributed by atoms with van der Waals surface area (Å²) in [6.45, 7) is 3.83. The first-order valence-electron chi connectivity index (χ1n) is 4.23. The van der Waals surface area contributed by atoms with E-state index in [-0.39, 0.29) is 12.5 Å². The quantitative estimate of drug-likeness (QED) is 0.660. The maximum atomic E-state index is 11.1. The topological polar surface area (TPSA) is 55.0 Å². The zero-order chi connectivity index (χ0) is 10.7. The predicted molar refractivity (Wildman–Crippen MR) is 50.6 cm³/mol. The van der Waals surface area contributed by atoms with E-state index in [4.69, 9.17) is 5.26 Å². The van der Waals surface area contributed by atoms with Crippen LogP contribution in [-0.2, 0) is 16.1 Å². The minimum Gasteiger partial charge on any atom is -0.468 e. The number of carbonyl (C=O) groups excluding carboxylic acids is 1. The average molecular weight is 192 g/mol. The van der Waals surface area contributed by atoms with E-state index in [0.29, 0.717) is 5.56 Å².